The molecule has 5 nitrogen and oxygen atoms in total. The molecule has 5 heteroatoms. The monoisotopic (exact) mass is 240 g/mol. The topological polar surface area (TPSA) is 54.1 Å². The molecule has 2 aliphatic rings. The smallest absolute Gasteiger partial charge is 0.191 e. The normalized spacial score (nSPS) is 30.7. The van der Waals surface area contributed by atoms with Crippen molar-refractivity contribution in [2.75, 3.05) is 46.9 Å². The maximum Gasteiger partial charge on any atom is 0.191 e. The molecule has 0 aromatic heterocycles. The summed E-state index contributed by atoms with van der Waals surface area (Å²) >= 11 is 0. The van der Waals surface area contributed by atoms with Crippen molar-refractivity contribution in [3.8, 4) is 0 Å². The van der Waals surface area contributed by atoms with Crippen LogP contribution >= 0.6 is 0 Å². The zero-order valence-corrected chi connectivity index (χ0v) is 11.0. The molecule has 0 radical (unpaired) electrons. The number of ether oxygens (including phenoxy) is 1. The molecule has 1 fully saturated rings. The van der Waals surface area contributed by atoms with Gasteiger partial charge < -0.3 is 20.3 Å². The van der Waals surface area contributed by atoms with E-state index >= 15 is 0 Å². The maximum absolute atomic E-state index is 6.02. The average molecular weight is 240 g/mol. The SMILES string of the molecule is COCCN1C(N)=NCC12CCCN(C)CC2. The van der Waals surface area contributed by atoms with Crippen LogP contribution in [0.15, 0.2) is 4.99 Å². The Hall–Kier alpha value is -0.810. The number of methoxy groups -OCH3 is 1. The van der Waals surface area contributed by atoms with E-state index in [9.17, 15) is 0 Å². The van der Waals surface area contributed by atoms with Gasteiger partial charge in [0, 0.05) is 20.2 Å². The minimum atomic E-state index is 0.160. The van der Waals surface area contributed by atoms with Crippen molar-refractivity contribution in [3.05, 3.63) is 0 Å². The molecule has 0 aliphatic carbocycles. The van der Waals surface area contributed by atoms with Crippen LogP contribution in [0.2, 0.25) is 0 Å². The molecule has 2 heterocycles. The standard InChI is InChI=1S/C12H24N4O/c1-15-6-3-4-12(5-7-15)10-14-11(13)16(12)8-9-17-2/h3-10H2,1-2H3,(H2,13,14). The summed E-state index contributed by atoms with van der Waals surface area (Å²) in [7, 11) is 3.93. The van der Waals surface area contributed by atoms with Crippen LogP contribution in [0.1, 0.15) is 19.3 Å². The van der Waals surface area contributed by atoms with Crippen LogP contribution in [0.4, 0.5) is 0 Å². The Bertz CT molecular complexity index is 294. The lowest BCUT2D eigenvalue weighted by Gasteiger charge is -2.38. The summed E-state index contributed by atoms with van der Waals surface area (Å²) < 4.78 is 5.18. The Morgan fingerprint density at radius 3 is 3.00 bits per heavy atom. The lowest BCUT2D eigenvalue weighted by Crippen LogP contribution is -2.53. The van der Waals surface area contributed by atoms with Gasteiger partial charge in [0.1, 0.15) is 0 Å². The highest BCUT2D eigenvalue weighted by molar-refractivity contribution is 5.81. The highest BCUT2D eigenvalue weighted by atomic mass is 16.5. The van der Waals surface area contributed by atoms with Gasteiger partial charge in [-0.2, -0.15) is 0 Å². The van der Waals surface area contributed by atoms with Crippen LogP contribution in [0.3, 0.4) is 0 Å². The van der Waals surface area contributed by atoms with Gasteiger partial charge in [-0.05, 0) is 32.9 Å². The van der Waals surface area contributed by atoms with Crippen molar-refractivity contribution in [2.24, 2.45) is 10.7 Å². The number of hydrogen-bond acceptors (Lipinski definition) is 5. The van der Waals surface area contributed by atoms with Gasteiger partial charge in [-0.3, -0.25) is 4.99 Å². The van der Waals surface area contributed by atoms with Crippen LogP contribution in [0.25, 0.3) is 0 Å². The van der Waals surface area contributed by atoms with Crippen molar-refractivity contribution < 1.29 is 4.74 Å². The summed E-state index contributed by atoms with van der Waals surface area (Å²) in [5, 5.41) is 0. The van der Waals surface area contributed by atoms with Gasteiger partial charge in [-0.1, -0.05) is 0 Å². The zero-order chi connectivity index (χ0) is 12.3. The van der Waals surface area contributed by atoms with E-state index in [4.69, 9.17) is 10.5 Å². The largest absolute Gasteiger partial charge is 0.383 e. The van der Waals surface area contributed by atoms with Gasteiger partial charge in [-0.25, -0.2) is 0 Å². The summed E-state index contributed by atoms with van der Waals surface area (Å²) in [6.45, 7) is 4.74. The second-order valence-electron chi connectivity index (χ2n) is 5.20. The number of nitrogens with zero attached hydrogens (tertiary/aromatic N) is 3. The van der Waals surface area contributed by atoms with Crippen molar-refractivity contribution in [2.45, 2.75) is 24.8 Å². The first-order valence-corrected chi connectivity index (χ1v) is 6.43. The van der Waals surface area contributed by atoms with Gasteiger partial charge in [0.15, 0.2) is 5.96 Å². The van der Waals surface area contributed by atoms with E-state index in [1.165, 1.54) is 19.4 Å². The average Bonchev–Trinajstić information content (AvgIpc) is 2.49. The quantitative estimate of drug-likeness (QED) is 0.761. The zero-order valence-electron chi connectivity index (χ0n) is 11.0. The van der Waals surface area contributed by atoms with E-state index in [1.807, 2.05) is 0 Å². The van der Waals surface area contributed by atoms with Crippen molar-refractivity contribution in [1.29, 1.82) is 0 Å². The fourth-order valence-corrected chi connectivity index (χ4v) is 2.92. The van der Waals surface area contributed by atoms with E-state index < -0.39 is 0 Å². The maximum atomic E-state index is 6.02. The number of rotatable bonds is 3. The second kappa shape index (κ2) is 5.23. The minimum absolute atomic E-state index is 0.160. The van der Waals surface area contributed by atoms with Crippen LogP contribution < -0.4 is 5.73 Å². The molecule has 2 N–H and O–H groups in total. The Morgan fingerprint density at radius 1 is 1.41 bits per heavy atom. The summed E-state index contributed by atoms with van der Waals surface area (Å²) in [4.78, 5) is 9.13. The Kier molecular flexibility index (Phi) is 3.89. The summed E-state index contributed by atoms with van der Waals surface area (Å²) in [5.41, 5.74) is 6.18. The van der Waals surface area contributed by atoms with Crippen molar-refractivity contribution >= 4 is 5.96 Å². The van der Waals surface area contributed by atoms with Crippen LogP contribution in [0, 0.1) is 0 Å². The lowest BCUT2D eigenvalue weighted by molar-refractivity contribution is 0.118. The molecule has 1 unspecified atom stereocenters. The molecule has 2 aliphatic heterocycles. The number of guanidine groups is 1. The highest BCUT2D eigenvalue weighted by Crippen LogP contribution is 2.32. The molecule has 0 aromatic rings. The molecular formula is C12H24N4O. The summed E-state index contributed by atoms with van der Waals surface area (Å²) in [5.74, 6) is 0.701. The van der Waals surface area contributed by atoms with Gasteiger partial charge >= 0.3 is 0 Å². The molecule has 1 atom stereocenters. The minimum Gasteiger partial charge on any atom is -0.383 e. The lowest BCUT2D eigenvalue weighted by atomic mass is 9.89. The highest BCUT2D eigenvalue weighted by Gasteiger charge is 2.42. The molecule has 0 bridgehead atoms. The Balaban J connectivity index is 2.07. The third-order valence-electron chi connectivity index (χ3n) is 4.04. The predicted molar refractivity (Wildman–Crippen MR) is 69.2 cm³/mol. The van der Waals surface area contributed by atoms with E-state index in [2.05, 4.69) is 21.8 Å². The van der Waals surface area contributed by atoms with E-state index in [-0.39, 0.29) is 5.54 Å². The molecule has 17 heavy (non-hydrogen) atoms. The molecular weight excluding hydrogens is 216 g/mol. The van der Waals surface area contributed by atoms with E-state index in [1.54, 1.807) is 7.11 Å². The summed E-state index contributed by atoms with van der Waals surface area (Å²) in [6, 6.07) is 0. The van der Waals surface area contributed by atoms with E-state index in [0.29, 0.717) is 12.6 Å². The number of aliphatic imine (C=N–C) groups is 1. The van der Waals surface area contributed by atoms with Crippen LogP contribution in [-0.2, 0) is 4.74 Å². The van der Waals surface area contributed by atoms with Crippen LogP contribution in [-0.4, -0.2) is 68.2 Å². The van der Waals surface area contributed by atoms with Gasteiger partial charge in [-0.15, -0.1) is 0 Å². The second-order valence-corrected chi connectivity index (χ2v) is 5.20. The predicted octanol–water partition coefficient (Wildman–Crippen LogP) is 0.118. The molecule has 0 saturated carbocycles. The Morgan fingerprint density at radius 2 is 2.24 bits per heavy atom. The molecule has 2 rings (SSSR count). The van der Waals surface area contributed by atoms with Crippen LogP contribution in [0.5, 0.6) is 0 Å². The first kappa shape index (κ1) is 12.6. The van der Waals surface area contributed by atoms with Gasteiger partial charge in [0.25, 0.3) is 0 Å². The fraction of sp³-hybridized carbons (Fsp3) is 0.917. The number of nitrogens with two attached hydrogens (primary N) is 1. The molecule has 1 saturated heterocycles. The fourth-order valence-electron chi connectivity index (χ4n) is 2.92. The number of likely N-dealkylation sites (tertiary alicyclic amines) is 1. The van der Waals surface area contributed by atoms with Gasteiger partial charge in [0.05, 0.1) is 18.7 Å². The van der Waals surface area contributed by atoms with Crippen molar-refractivity contribution in [3.63, 3.8) is 0 Å². The number of hydrogen-bond donors (Lipinski definition) is 1. The molecule has 0 aromatic carbocycles. The molecule has 98 valence electrons. The van der Waals surface area contributed by atoms with Gasteiger partial charge in [0.2, 0.25) is 0 Å². The first-order chi connectivity index (χ1) is 8.18. The van der Waals surface area contributed by atoms with Crippen molar-refractivity contribution in [1.82, 2.24) is 9.80 Å². The molecule has 0 amide bonds. The third-order valence-corrected chi connectivity index (χ3v) is 4.04. The first-order valence-electron chi connectivity index (χ1n) is 6.43. The molecule has 1 spiro atoms. The van der Waals surface area contributed by atoms with E-state index in [0.717, 1.165) is 26.1 Å². The third kappa shape index (κ3) is 2.55. The Labute approximate surface area is 104 Å². The summed E-state index contributed by atoms with van der Waals surface area (Å²) in [6.07, 6.45) is 3.56.